The van der Waals surface area contributed by atoms with Crippen LogP contribution in [0.3, 0.4) is 0 Å². The van der Waals surface area contributed by atoms with Crippen LogP contribution in [0.2, 0.25) is 0 Å². The second-order valence-corrected chi connectivity index (χ2v) is 3.89. The Labute approximate surface area is 101 Å². The second kappa shape index (κ2) is 6.63. The molecule has 0 fully saturated rings. The lowest BCUT2D eigenvalue weighted by Crippen LogP contribution is -2.00. The molecule has 1 rings (SSSR count). The number of allylic oxidation sites excluding steroid dienone is 2. The number of benzene rings is 1. The van der Waals surface area contributed by atoms with E-state index in [9.17, 15) is 9.59 Å². The average Bonchev–Trinajstić information content (AvgIpc) is 2.29. The Kier molecular flexibility index (Phi) is 5.14. The van der Waals surface area contributed by atoms with Gasteiger partial charge in [-0.05, 0) is 30.5 Å². The predicted octanol–water partition coefficient (Wildman–Crippen LogP) is 2.53. The molecule has 1 aromatic carbocycles. The van der Waals surface area contributed by atoms with E-state index >= 15 is 0 Å². The van der Waals surface area contributed by atoms with Gasteiger partial charge in [0.15, 0.2) is 5.78 Å². The fourth-order valence-corrected chi connectivity index (χ4v) is 1.47. The summed E-state index contributed by atoms with van der Waals surface area (Å²) >= 11 is 0. The smallest absolute Gasteiger partial charge is 0.303 e. The number of carboxylic acid groups (broad SMARTS) is 1. The highest BCUT2D eigenvalue weighted by molar-refractivity contribution is 5.91. The topological polar surface area (TPSA) is 54.4 Å². The van der Waals surface area contributed by atoms with E-state index in [0.717, 1.165) is 0 Å². The first-order valence-electron chi connectivity index (χ1n) is 5.55. The quantitative estimate of drug-likeness (QED) is 0.767. The largest absolute Gasteiger partial charge is 0.481 e. The van der Waals surface area contributed by atoms with Gasteiger partial charge in [0.2, 0.25) is 0 Å². The summed E-state index contributed by atoms with van der Waals surface area (Å²) in [4.78, 5) is 21.5. The third kappa shape index (κ3) is 5.11. The number of carbonyl (C=O) groups excluding carboxylic acids is 1. The summed E-state index contributed by atoms with van der Waals surface area (Å²) in [5, 5.41) is 8.43. The van der Waals surface area contributed by atoms with Crippen LogP contribution in [-0.2, 0) is 16.0 Å². The van der Waals surface area contributed by atoms with Crippen molar-refractivity contribution in [2.75, 3.05) is 0 Å². The van der Waals surface area contributed by atoms with Crippen LogP contribution in [0.4, 0.5) is 0 Å². The van der Waals surface area contributed by atoms with Crippen LogP contribution in [0.5, 0.6) is 0 Å². The van der Waals surface area contributed by atoms with Crippen molar-refractivity contribution in [2.24, 2.45) is 0 Å². The van der Waals surface area contributed by atoms with Crippen LogP contribution >= 0.6 is 0 Å². The van der Waals surface area contributed by atoms with E-state index in [1.807, 2.05) is 31.2 Å². The highest BCUT2D eigenvalue weighted by Crippen LogP contribution is 2.08. The van der Waals surface area contributed by atoms with E-state index in [1.165, 1.54) is 17.2 Å². The Hall–Kier alpha value is -1.90. The highest BCUT2D eigenvalue weighted by Gasteiger charge is 2.01. The molecule has 0 amide bonds. The molecule has 1 aromatic rings. The SMILES string of the molecule is Cc1ccccc1C/C=C\C(=O)CCC(=O)O. The zero-order chi connectivity index (χ0) is 12.7. The van der Waals surface area contributed by atoms with Crippen LogP contribution in [-0.4, -0.2) is 16.9 Å². The summed E-state index contributed by atoms with van der Waals surface area (Å²) in [5.41, 5.74) is 2.37. The number of ketones is 1. The third-order valence-electron chi connectivity index (χ3n) is 2.49. The van der Waals surface area contributed by atoms with Gasteiger partial charge in [-0.3, -0.25) is 9.59 Å². The average molecular weight is 232 g/mol. The molecule has 0 atom stereocenters. The standard InChI is InChI=1S/C14H16O3/c1-11-5-2-3-6-12(11)7-4-8-13(15)9-10-14(16)17/h2-6,8H,7,9-10H2,1H3,(H,16,17)/b8-4-. The molecule has 17 heavy (non-hydrogen) atoms. The molecule has 3 nitrogen and oxygen atoms in total. The number of aryl methyl sites for hydroxylation is 1. The molecule has 0 radical (unpaired) electrons. The van der Waals surface area contributed by atoms with Gasteiger partial charge in [0.25, 0.3) is 0 Å². The van der Waals surface area contributed by atoms with Gasteiger partial charge in [-0.25, -0.2) is 0 Å². The molecule has 0 bridgehead atoms. The van der Waals surface area contributed by atoms with Gasteiger partial charge in [0.05, 0.1) is 6.42 Å². The molecule has 0 saturated heterocycles. The first kappa shape index (κ1) is 13.2. The summed E-state index contributed by atoms with van der Waals surface area (Å²) < 4.78 is 0. The summed E-state index contributed by atoms with van der Waals surface area (Å²) in [6.07, 6.45) is 3.92. The van der Waals surface area contributed by atoms with Crippen LogP contribution in [0, 0.1) is 6.92 Å². The van der Waals surface area contributed by atoms with E-state index < -0.39 is 5.97 Å². The Bertz CT molecular complexity index is 433. The minimum Gasteiger partial charge on any atom is -0.481 e. The Morgan fingerprint density at radius 1 is 1.24 bits per heavy atom. The third-order valence-corrected chi connectivity index (χ3v) is 2.49. The Balaban J connectivity index is 2.42. The zero-order valence-corrected chi connectivity index (χ0v) is 9.85. The predicted molar refractivity (Wildman–Crippen MR) is 65.9 cm³/mol. The van der Waals surface area contributed by atoms with E-state index in [1.54, 1.807) is 6.08 Å². The molecule has 0 aromatic heterocycles. The lowest BCUT2D eigenvalue weighted by molar-refractivity contribution is -0.138. The lowest BCUT2D eigenvalue weighted by Gasteiger charge is -2.00. The maximum absolute atomic E-state index is 11.3. The summed E-state index contributed by atoms with van der Waals surface area (Å²) in [6, 6.07) is 7.97. The number of hydrogen-bond donors (Lipinski definition) is 1. The highest BCUT2D eigenvalue weighted by atomic mass is 16.4. The van der Waals surface area contributed by atoms with Gasteiger partial charge in [-0.1, -0.05) is 30.3 Å². The molecule has 1 N–H and O–H groups in total. The van der Waals surface area contributed by atoms with Crippen molar-refractivity contribution < 1.29 is 14.7 Å². The van der Waals surface area contributed by atoms with Crippen molar-refractivity contribution in [3.63, 3.8) is 0 Å². The summed E-state index contributed by atoms with van der Waals surface area (Å²) in [6.45, 7) is 2.02. The number of hydrogen-bond acceptors (Lipinski definition) is 2. The van der Waals surface area contributed by atoms with E-state index in [2.05, 4.69) is 0 Å². The van der Waals surface area contributed by atoms with Crippen molar-refractivity contribution in [2.45, 2.75) is 26.2 Å². The van der Waals surface area contributed by atoms with Crippen molar-refractivity contribution in [3.05, 3.63) is 47.5 Å². The lowest BCUT2D eigenvalue weighted by atomic mass is 10.1. The molecule has 0 aliphatic heterocycles. The number of aliphatic carboxylic acids is 1. The molecule has 0 saturated carbocycles. The molecular formula is C14H16O3. The summed E-state index contributed by atoms with van der Waals surface area (Å²) in [5.74, 6) is -1.08. The maximum Gasteiger partial charge on any atom is 0.303 e. The van der Waals surface area contributed by atoms with Crippen molar-refractivity contribution in [3.8, 4) is 0 Å². The van der Waals surface area contributed by atoms with Gasteiger partial charge in [-0.2, -0.15) is 0 Å². The molecule has 0 unspecified atom stereocenters. The molecular weight excluding hydrogens is 216 g/mol. The maximum atomic E-state index is 11.3. The number of rotatable bonds is 6. The second-order valence-electron chi connectivity index (χ2n) is 3.89. The van der Waals surface area contributed by atoms with Crippen LogP contribution in [0.1, 0.15) is 24.0 Å². The van der Waals surface area contributed by atoms with Crippen LogP contribution in [0.15, 0.2) is 36.4 Å². The first-order valence-corrected chi connectivity index (χ1v) is 5.55. The van der Waals surface area contributed by atoms with Gasteiger partial charge >= 0.3 is 5.97 Å². The van der Waals surface area contributed by atoms with Gasteiger partial charge in [-0.15, -0.1) is 0 Å². The summed E-state index contributed by atoms with van der Waals surface area (Å²) in [7, 11) is 0. The molecule has 0 aliphatic rings. The zero-order valence-electron chi connectivity index (χ0n) is 9.85. The van der Waals surface area contributed by atoms with Gasteiger partial charge in [0, 0.05) is 6.42 Å². The van der Waals surface area contributed by atoms with Crippen LogP contribution < -0.4 is 0 Å². The molecule has 0 spiro atoms. The van der Waals surface area contributed by atoms with E-state index in [0.29, 0.717) is 6.42 Å². The van der Waals surface area contributed by atoms with Gasteiger partial charge < -0.3 is 5.11 Å². The first-order chi connectivity index (χ1) is 8.09. The van der Waals surface area contributed by atoms with Crippen molar-refractivity contribution >= 4 is 11.8 Å². The minimum absolute atomic E-state index is 0.0691. The fourth-order valence-electron chi connectivity index (χ4n) is 1.47. The van der Waals surface area contributed by atoms with E-state index in [-0.39, 0.29) is 18.6 Å². The van der Waals surface area contributed by atoms with Gasteiger partial charge in [0.1, 0.15) is 0 Å². The minimum atomic E-state index is -0.939. The Morgan fingerprint density at radius 2 is 1.94 bits per heavy atom. The monoisotopic (exact) mass is 232 g/mol. The molecule has 3 heteroatoms. The van der Waals surface area contributed by atoms with Crippen molar-refractivity contribution in [1.29, 1.82) is 0 Å². The normalized spacial score (nSPS) is 10.6. The molecule has 0 aliphatic carbocycles. The van der Waals surface area contributed by atoms with Crippen molar-refractivity contribution in [1.82, 2.24) is 0 Å². The number of carboxylic acids is 1. The van der Waals surface area contributed by atoms with E-state index in [4.69, 9.17) is 5.11 Å². The number of carbonyl (C=O) groups is 2. The molecule has 0 heterocycles. The molecule has 90 valence electrons. The fraction of sp³-hybridized carbons (Fsp3) is 0.286. The van der Waals surface area contributed by atoms with Crippen LogP contribution in [0.25, 0.3) is 0 Å². The Morgan fingerprint density at radius 3 is 2.59 bits per heavy atom.